The van der Waals surface area contributed by atoms with Gasteiger partial charge in [-0.3, -0.25) is 14.8 Å². The highest BCUT2D eigenvalue weighted by molar-refractivity contribution is 5.20. The van der Waals surface area contributed by atoms with E-state index in [2.05, 4.69) is 24.3 Å². The summed E-state index contributed by atoms with van der Waals surface area (Å²) in [5.74, 6) is 0.654. The molecule has 20 heavy (non-hydrogen) atoms. The molecule has 1 aromatic rings. The van der Waals surface area contributed by atoms with E-state index in [-0.39, 0.29) is 12.2 Å². The first-order chi connectivity index (χ1) is 9.43. The zero-order valence-electron chi connectivity index (χ0n) is 12.0. The average molecular weight is 282 g/mol. The van der Waals surface area contributed by atoms with Gasteiger partial charge in [-0.05, 0) is 24.2 Å². The number of hydrogen-bond donors (Lipinski definition) is 2. The molecule has 1 aromatic heterocycles. The number of nitrogens with one attached hydrogen (secondary N) is 1. The summed E-state index contributed by atoms with van der Waals surface area (Å²) in [6.45, 7) is 6.11. The summed E-state index contributed by atoms with van der Waals surface area (Å²) in [6, 6.07) is 0. The smallest absolute Gasteiger partial charge is 0.306 e. The molecule has 1 aliphatic carbocycles. The minimum Gasteiger partial charge on any atom is -0.390 e. The Balaban J connectivity index is 1.72. The molecule has 1 heterocycles. The zero-order chi connectivity index (χ0) is 14.8. The molecule has 0 saturated heterocycles. The second-order valence-electron chi connectivity index (χ2n) is 5.98. The molecule has 0 aliphatic heterocycles. The van der Waals surface area contributed by atoms with E-state index in [1.54, 1.807) is 0 Å². The maximum absolute atomic E-state index is 10.5. The highest BCUT2D eigenvalue weighted by Crippen LogP contribution is 2.51. The Morgan fingerprint density at radius 2 is 2.30 bits per heavy atom. The third-order valence-electron chi connectivity index (χ3n) is 4.20. The van der Waals surface area contributed by atoms with Crippen molar-refractivity contribution in [3.63, 3.8) is 0 Å². The van der Waals surface area contributed by atoms with Crippen molar-refractivity contribution < 1.29 is 10.0 Å². The van der Waals surface area contributed by atoms with Crippen molar-refractivity contribution in [2.75, 3.05) is 13.1 Å². The monoisotopic (exact) mass is 282 g/mol. The molecule has 0 amide bonds. The summed E-state index contributed by atoms with van der Waals surface area (Å²) < 4.78 is 1.40. The van der Waals surface area contributed by atoms with Gasteiger partial charge < -0.3 is 10.4 Å². The SMILES string of the molecule is CC(C)C1(CNCC(O)Cn2cc([N+](=O)[O-])cn2)CC1. The van der Waals surface area contributed by atoms with Crippen molar-refractivity contribution >= 4 is 5.69 Å². The normalized spacial score (nSPS) is 18.2. The minimum absolute atomic E-state index is 0.0538. The van der Waals surface area contributed by atoms with Crippen LogP contribution in [0.5, 0.6) is 0 Å². The first kappa shape index (κ1) is 14.9. The Labute approximate surface area is 118 Å². The molecule has 1 unspecified atom stereocenters. The lowest BCUT2D eigenvalue weighted by atomic mass is 9.92. The largest absolute Gasteiger partial charge is 0.390 e. The second kappa shape index (κ2) is 5.88. The summed E-state index contributed by atoms with van der Waals surface area (Å²) in [5.41, 5.74) is 0.353. The van der Waals surface area contributed by atoms with Gasteiger partial charge in [-0.25, -0.2) is 0 Å². The van der Waals surface area contributed by atoms with Gasteiger partial charge in [0.05, 0.1) is 17.6 Å². The predicted molar refractivity (Wildman–Crippen MR) is 74.3 cm³/mol. The van der Waals surface area contributed by atoms with Gasteiger partial charge in [0, 0.05) is 13.1 Å². The van der Waals surface area contributed by atoms with Gasteiger partial charge in [0.1, 0.15) is 12.4 Å². The first-order valence-electron chi connectivity index (χ1n) is 6.98. The third-order valence-corrected chi connectivity index (χ3v) is 4.20. The van der Waals surface area contributed by atoms with Crippen LogP contribution in [0.4, 0.5) is 5.69 Å². The van der Waals surface area contributed by atoms with E-state index < -0.39 is 11.0 Å². The molecule has 0 spiro atoms. The lowest BCUT2D eigenvalue weighted by molar-refractivity contribution is -0.385. The van der Waals surface area contributed by atoms with Gasteiger partial charge >= 0.3 is 5.69 Å². The van der Waals surface area contributed by atoms with E-state index >= 15 is 0 Å². The molecule has 112 valence electrons. The topological polar surface area (TPSA) is 93.2 Å². The van der Waals surface area contributed by atoms with Crippen LogP contribution < -0.4 is 5.32 Å². The van der Waals surface area contributed by atoms with Crippen LogP contribution >= 0.6 is 0 Å². The average Bonchev–Trinajstić information content (AvgIpc) is 3.01. The summed E-state index contributed by atoms with van der Waals surface area (Å²) in [7, 11) is 0. The highest BCUT2D eigenvalue weighted by atomic mass is 16.6. The van der Waals surface area contributed by atoms with Gasteiger partial charge in [-0.1, -0.05) is 13.8 Å². The Kier molecular flexibility index (Phi) is 4.39. The van der Waals surface area contributed by atoms with Crippen LogP contribution in [0.2, 0.25) is 0 Å². The van der Waals surface area contributed by atoms with Gasteiger partial charge in [-0.2, -0.15) is 5.10 Å². The lowest BCUT2D eigenvalue weighted by Gasteiger charge is -2.21. The number of hydrogen-bond acceptors (Lipinski definition) is 5. The van der Waals surface area contributed by atoms with Crippen molar-refractivity contribution in [2.24, 2.45) is 11.3 Å². The van der Waals surface area contributed by atoms with Crippen LogP contribution in [0.1, 0.15) is 26.7 Å². The number of nitro groups is 1. The molecule has 7 heteroatoms. The van der Waals surface area contributed by atoms with E-state index in [0.717, 1.165) is 6.54 Å². The minimum atomic E-state index is -0.600. The summed E-state index contributed by atoms with van der Waals surface area (Å²) in [6.07, 6.45) is 4.42. The van der Waals surface area contributed by atoms with Crippen molar-refractivity contribution in [3.8, 4) is 0 Å². The van der Waals surface area contributed by atoms with Crippen molar-refractivity contribution in [1.82, 2.24) is 15.1 Å². The van der Waals surface area contributed by atoms with Crippen LogP contribution in [-0.2, 0) is 6.54 Å². The van der Waals surface area contributed by atoms with E-state index in [0.29, 0.717) is 17.9 Å². The molecule has 1 aliphatic rings. The Bertz CT molecular complexity index is 468. The van der Waals surface area contributed by atoms with Crippen molar-refractivity contribution in [1.29, 1.82) is 0 Å². The number of aromatic nitrogens is 2. The first-order valence-corrected chi connectivity index (χ1v) is 6.98. The van der Waals surface area contributed by atoms with Gasteiger partial charge in [0.25, 0.3) is 0 Å². The molecular formula is C13H22N4O3. The summed E-state index contributed by atoms with van der Waals surface area (Å²) >= 11 is 0. The maximum Gasteiger partial charge on any atom is 0.306 e. The Hall–Kier alpha value is -1.47. The van der Waals surface area contributed by atoms with Crippen LogP contribution in [0.25, 0.3) is 0 Å². The molecule has 0 aromatic carbocycles. The number of rotatable bonds is 8. The molecule has 1 fully saturated rings. The van der Waals surface area contributed by atoms with Crippen LogP contribution in [0, 0.1) is 21.4 Å². The fourth-order valence-corrected chi connectivity index (χ4v) is 2.43. The van der Waals surface area contributed by atoms with Gasteiger partial charge in [0.2, 0.25) is 0 Å². The number of nitrogens with zero attached hydrogens (tertiary/aromatic N) is 3. The molecule has 2 rings (SSSR count). The summed E-state index contributed by atoms with van der Waals surface area (Å²) in [5, 5.41) is 27.6. The van der Waals surface area contributed by atoms with E-state index in [1.807, 2.05) is 0 Å². The highest BCUT2D eigenvalue weighted by Gasteiger charge is 2.44. The number of aliphatic hydroxyl groups excluding tert-OH is 1. The molecule has 1 saturated carbocycles. The molecule has 7 nitrogen and oxygen atoms in total. The molecular weight excluding hydrogens is 260 g/mol. The fraction of sp³-hybridized carbons (Fsp3) is 0.769. The lowest BCUT2D eigenvalue weighted by Crippen LogP contribution is -2.35. The predicted octanol–water partition coefficient (Wildman–Crippen LogP) is 1.18. The molecule has 0 bridgehead atoms. The van der Waals surface area contributed by atoms with E-state index in [1.165, 1.54) is 29.9 Å². The summed E-state index contributed by atoms with van der Waals surface area (Å²) in [4.78, 5) is 10.0. The Morgan fingerprint density at radius 3 is 2.80 bits per heavy atom. The molecule has 0 radical (unpaired) electrons. The van der Waals surface area contributed by atoms with Crippen molar-refractivity contribution in [2.45, 2.75) is 39.3 Å². The fourth-order valence-electron chi connectivity index (χ4n) is 2.43. The number of aliphatic hydroxyl groups is 1. The van der Waals surface area contributed by atoms with Crippen LogP contribution in [0.15, 0.2) is 12.4 Å². The van der Waals surface area contributed by atoms with Crippen LogP contribution in [0.3, 0.4) is 0 Å². The standard InChI is InChI=1S/C13H22N4O3/c1-10(2)13(3-4-13)9-14-6-12(18)8-16-7-11(5-15-16)17(19)20/h5,7,10,12,14,18H,3-4,6,8-9H2,1-2H3. The van der Waals surface area contributed by atoms with Gasteiger partial charge in [0.15, 0.2) is 0 Å². The van der Waals surface area contributed by atoms with E-state index in [4.69, 9.17) is 0 Å². The maximum atomic E-state index is 10.5. The zero-order valence-corrected chi connectivity index (χ0v) is 12.0. The van der Waals surface area contributed by atoms with Gasteiger partial charge in [-0.15, -0.1) is 0 Å². The quantitative estimate of drug-likeness (QED) is 0.551. The third kappa shape index (κ3) is 3.55. The van der Waals surface area contributed by atoms with Crippen LogP contribution in [-0.4, -0.2) is 39.0 Å². The Morgan fingerprint density at radius 1 is 1.60 bits per heavy atom. The molecule has 2 N–H and O–H groups in total. The molecule has 1 atom stereocenters. The second-order valence-corrected chi connectivity index (χ2v) is 5.98. The van der Waals surface area contributed by atoms with Crippen molar-refractivity contribution in [3.05, 3.63) is 22.5 Å². The van der Waals surface area contributed by atoms with E-state index in [9.17, 15) is 15.2 Å².